The van der Waals surface area contributed by atoms with Crippen LogP contribution in [0.3, 0.4) is 0 Å². The van der Waals surface area contributed by atoms with Crippen LogP contribution in [0.25, 0.3) is 33.5 Å². The van der Waals surface area contributed by atoms with Crippen LogP contribution in [0.5, 0.6) is 0 Å². The first-order chi connectivity index (χ1) is 25.3. The van der Waals surface area contributed by atoms with Crippen molar-refractivity contribution in [3.05, 3.63) is 129 Å². The van der Waals surface area contributed by atoms with Gasteiger partial charge in [-0.15, -0.1) is 17.0 Å². The van der Waals surface area contributed by atoms with Crippen molar-refractivity contribution < 1.29 is 18.7 Å². The van der Waals surface area contributed by atoms with E-state index in [2.05, 4.69) is 32.7 Å². The summed E-state index contributed by atoms with van der Waals surface area (Å²) in [6.07, 6.45) is 8.19. The summed E-state index contributed by atoms with van der Waals surface area (Å²) in [6, 6.07) is 18.8. The minimum absolute atomic E-state index is 0. The smallest absolute Gasteiger partial charge is 0.337 e. The van der Waals surface area contributed by atoms with Crippen LogP contribution in [-0.4, -0.2) is 60.3 Å². The van der Waals surface area contributed by atoms with E-state index in [1.54, 1.807) is 6.07 Å². The summed E-state index contributed by atoms with van der Waals surface area (Å²) in [5, 5.41) is 15.2. The van der Waals surface area contributed by atoms with Crippen LogP contribution in [0, 0.1) is 11.6 Å². The number of halogens is 3. The van der Waals surface area contributed by atoms with Gasteiger partial charge in [-0.2, -0.15) is 0 Å². The molecule has 1 fully saturated rings. The van der Waals surface area contributed by atoms with Gasteiger partial charge in [-0.25, -0.2) is 28.1 Å². The lowest BCUT2D eigenvalue weighted by molar-refractivity contribution is 0.0917. The second-order valence-corrected chi connectivity index (χ2v) is 13.2. The Morgan fingerprint density at radius 2 is 1.66 bits per heavy atom. The molecule has 0 unspecified atom stereocenters. The molecule has 3 N–H and O–H groups in total. The zero-order valence-corrected chi connectivity index (χ0v) is 30.6. The summed E-state index contributed by atoms with van der Waals surface area (Å²) in [5.74, 6) is -1.52. The lowest BCUT2D eigenvalue weighted by Gasteiger charge is -2.30. The van der Waals surface area contributed by atoms with Crippen LogP contribution >= 0.6 is 17.0 Å². The van der Waals surface area contributed by atoms with Gasteiger partial charge in [-0.05, 0) is 105 Å². The van der Waals surface area contributed by atoms with Crippen molar-refractivity contribution >= 4 is 39.6 Å². The molecule has 7 rings (SSSR count). The van der Waals surface area contributed by atoms with Gasteiger partial charge >= 0.3 is 5.69 Å². The van der Waals surface area contributed by atoms with Crippen LogP contribution in [-0.2, 0) is 6.42 Å². The lowest BCUT2D eigenvalue weighted by Crippen LogP contribution is -2.45. The number of imidazole rings is 1. The molecule has 276 valence electrons. The highest BCUT2D eigenvalue weighted by molar-refractivity contribution is 8.93. The third-order valence-electron chi connectivity index (χ3n) is 9.66. The van der Waals surface area contributed by atoms with Crippen LogP contribution in [0.1, 0.15) is 60.6 Å². The number of hydrogen-bond acceptors (Lipinski definition) is 7. The Kier molecular flexibility index (Phi) is 11.9. The maximum atomic E-state index is 14.5. The van der Waals surface area contributed by atoms with E-state index in [1.807, 2.05) is 30.3 Å². The first kappa shape index (κ1) is 37.7. The van der Waals surface area contributed by atoms with Crippen molar-refractivity contribution in [2.45, 2.75) is 57.0 Å². The van der Waals surface area contributed by atoms with Crippen LogP contribution < -0.4 is 21.9 Å². The monoisotopic (exact) mass is 787 g/mol. The van der Waals surface area contributed by atoms with Gasteiger partial charge in [0.25, 0.3) is 11.5 Å². The third kappa shape index (κ3) is 8.29. The Hall–Kier alpha value is -5.05. The fourth-order valence-electron chi connectivity index (χ4n) is 6.98. The van der Waals surface area contributed by atoms with E-state index >= 15 is 0 Å². The number of benzene rings is 2. The molecule has 0 atom stereocenters. The highest BCUT2D eigenvalue weighted by Gasteiger charge is 2.28. The SMILES string of the molecule is Br.O=C(NC1CCC(n2c(=O)c3cc(F)cnc3n(-c3cccc(-c4ccc(CCCNCCCO)cc4)c3)c2=O)CC1)c1cn2cc(F)ccc2n1. The van der Waals surface area contributed by atoms with Gasteiger partial charge in [0, 0.05) is 31.1 Å². The fourth-order valence-corrected chi connectivity index (χ4v) is 6.98. The molecule has 4 heterocycles. The van der Waals surface area contributed by atoms with Gasteiger partial charge in [-0.1, -0.05) is 36.4 Å². The number of fused-ring (bicyclic) bond motifs is 2. The van der Waals surface area contributed by atoms with Crippen LogP contribution in [0.2, 0.25) is 0 Å². The number of nitrogens with one attached hydrogen (secondary N) is 2. The second kappa shape index (κ2) is 16.7. The summed E-state index contributed by atoms with van der Waals surface area (Å²) in [7, 11) is 0. The first-order valence-electron chi connectivity index (χ1n) is 17.6. The predicted octanol–water partition coefficient (Wildman–Crippen LogP) is 5.54. The van der Waals surface area contributed by atoms with Gasteiger partial charge < -0.3 is 20.1 Å². The standard InChI is InChI=1S/C39H39F2N7O4.BrH/c40-28-11-16-35-45-34(24-46(35)23-28)37(50)44-30-12-14-31(15-13-30)48-38(51)33-21-29(41)22-43-36(33)47(39(48)52)32-6-1-5-27(20-32)26-9-7-25(8-10-26)4-2-17-42-18-3-19-49;/h1,5-11,16,20-24,30-31,42,49H,2-4,12-15,17-19H2,(H,44,50);1H. The quantitative estimate of drug-likeness (QED) is 0.139. The molecule has 53 heavy (non-hydrogen) atoms. The van der Waals surface area contributed by atoms with Crippen molar-refractivity contribution in [3.8, 4) is 16.8 Å². The molecule has 4 aromatic heterocycles. The number of amides is 1. The van der Waals surface area contributed by atoms with E-state index in [1.165, 1.54) is 43.6 Å². The van der Waals surface area contributed by atoms with Gasteiger partial charge in [0.15, 0.2) is 5.65 Å². The Bertz CT molecular complexity index is 2350. The molecule has 0 spiro atoms. The number of aliphatic hydroxyl groups excluding tert-OH is 1. The summed E-state index contributed by atoms with van der Waals surface area (Å²) in [5.41, 5.74) is 3.01. The third-order valence-corrected chi connectivity index (χ3v) is 9.66. The van der Waals surface area contributed by atoms with E-state index in [0.29, 0.717) is 37.0 Å². The van der Waals surface area contributed by atoms with Crippen molar-refractivity contribution in [2.75, 3.05) is 19.7 Å². The van der Waals surface area contributed by atoms with E-state index in [-0.39, 0.29) is 46.4 Å². The zero-order chi connectivity index (χ0) is 36.2. The number of carbonyl (C=O) groups is 1. The summed E-state index contributed by atoms with van der Waals surface area (Å²) < 4.78 is 32.2. The van der Waals surface area contributed by atoms with Crippen molar-refractivity contribution in [2.24, 2.45) is 0 Å². The summed E-state index contributed by atoms with van der Waals surface area (Å²) >= 11 is 0. The van der Waals surface area contributed by atoms with E-state index in [9.17, 15) is 23.2 Å². The number of hydrogen-bond donors (Lipinski definition) is 3. The van der Waals surface area contributed by atoms with Crippen molar-refractivity contribution in [1.82, 2.24) is 34.1 Å². The normalized spacial score (nSPS) is 15.8. The number of aliphatic hydroxyl groups is 1. The molecule has 1 saturated carbocycles. The molecule has 11 nitrogen and oxygen atoms in total. The van der Waals surface area contributed by atoms with Crippen LogP contribution in [0.15, 0.2) is 94.9 Å². The Morgan fingerprint density at radius 3 is 2.43 bits per heavy atom. The highest BCUT2D eigenvalue weighted by atomic mass is 79.9. The Labute approximate surface area is 314 Å². The zero-order valence-electron chi connectivity index (χ0n) is 28.9. The molecule has 14 heteroatoms. The largest absolute Gasteiger partial charge is 0.396 e. The van der Waals surface area contributed by atoms with E-state index in [4.69, 9.17) is 5.11 Å². The predicted molar refractivity (Wildman–Crippen MR) is 204 cm³/mol. The topological polar surface area (TPSA) is 136 Å². The molecule has 2 aromatic carbocycles. The maximum absolute atomic E-state index is 14.5. The minimum atomic E-state index is -0.683. The number of aromatic nitrogens is 5. The number of rotatable bonds is 12. The molecular formula is C39H40BrF2N7O4. The van der Waals surface area contributed by atoms with Crippen molar-refractivity contribution in [3.63, 3.8) is 0 Å². The first-order valence-corrected chi connectivity index (χ1v) is 17.6. The highest BCUT2D eigenvalue weighted by Crippen LogP contribution is 2.29. The lowest BCUT2D eigenvalue weighted by atomic mass is 9.90. The van der Waals surface area contributed by atoms with Gasteiger partial charge in [0.1, 0.15) is 23.0 Å². The molecule has 1 aliphatic carbocycles. The molecule has 0 saturated heterocycles. The minimum Gasteiger partial charge on any atom is -0.396 e. The number of aryl methyl sites for hydroxylation is 1. The van der Waals surface area contributed by atoms with E-state index < -0.39 is 34.8 Å². The summed E-state index contributed by atoms with van der Waals surface area (Å²) in [6.45, 7) is 1.85. The Morgan fingerprint density at radius 1 is 0.887 bits per heavy atom. The number of pyridine rings is 2. The molecule has 1 amide bonds. The van der Waals surface area contributed by atoms with E-state index in [0.717, 1.165) is 55.7 Å². The maximum Gasteiger partial charge on any atom is 0.337 e. The van der Waals surface area contributed by atoms with Gasteiger partial charge in [-0.3, -0.25) is 14.2 Å². The Balaban J connectivity index is 0.00000481. The van der Waals surface area contributed by atoms with Gasteiger partial charge in [0.05, 0.1) is 17.3 Å². The molecule has 0 bridgehead atoms. The number of nitrogens with zero attached hydrogens (tertiary/aromatic N) is 5. The average molecular weight is 789 g/mol. The average Bonchev–Trinajstić information content (AvgIpc) is 3.58. The molecular weight excluding hydrogens is 748 g/mol. The molecule has 6 aromatic rings. The van der Waals surface area contributed by atoms with Gasteiger partial charge in [0.2, 0.25) is 0 Å². The molecule has 0 aliphatic heterocycles. The number of carbonyl (C=O) groups excluding carboxylic acids is 1. The molecule has 0 radical (unpaired) electrons. The fraction of sp³-hybridized carbons (Fsp3) is 0.308. The molecule has 1 aliphatic rings. The van der Waals surface area contributed by atoms with Crippen molar-refractivity contribution in [1.29, 1.82) is 0 Å². The summed E-state index contributed by atoms with van der Waals surface area (Å²) in [4.78, 5) is 49.6. The van der Waals surface area contributed by atoms with Crippen LogP contribution in [0.4, 0.5) is 8.78 Å². The second-order valence-electron chi connectivity index (χ2n) is 13.2.